The van der Waals surface area contributed by atoms with E-state index in [9.17, 15) is 4.39 Å². The fourth-order valence-electron chi connectivity index (χ4n) is 1.97. The SMILES string of the molecule is CCCn1ccc(CNc2ccc(OC)c(F)c2)c1. The van der Waals surface area contributed by atoms with Gasteiger partial charge in [0, 0.05) is 37.2 Å². The molecule has 2 rings (SSSR count). The molecule has 0 saturated heterocycles. The van der Waals surface area contributed by atoms with Gasteiger partial charge in [0.1, 0.15) is 0 Å². The van der Waals surface area contributed by atoms with Gasteiger partial charge >= 0.3 is 0 Å². The summed E-state index contributed by atoms with van der Waals surface area (Å²) in [5.74, 6) is -0.0873. The van der Waals surface area contributed by atoms with E-state index >= 15 is 0 Å². The van der Waals surface area contributed by atoms with E-state index in [1.807, 2.05) is 6.07 Å². The normalized spacial score (nSPS) is 10.5. The second-order valence-electron chi connectivity index (χ2n) is 4.46. The molecule has 0 fully saturated rings. The zero-order chi connectivity index (χ0) is 13.7. The van der Waals surface area contributed by atoms with Crippen molar-refractivity contribution in [1.82, 2.24) is 4.57 Å². The molecule has 0 radical (unpaired) electrons. The van der Waals surface area contributed by atoms with E-state index in [0.717, 1.165) is 18.7 Å². The van der Waals surface area contributed by atoms with Crippen molar-refractivity contribution in [3.8, 4) is 5.75 Å². The minimum absolute atomic E-state index is 0.264. The molecule has 1 aromatic heterocycles. The van der Waals surface area contributed by atoms with Crippen LogP contribution in [0.2, 0.25) is 0 Å². The highest BCUT2D eigenvalue weighted by atomic mass is 19.1. The van der Waals surface area contributed by atoms with Crippen molar-refractivity contribution >= 4 is 5.69 Å². The van der Waals surface area contributed by atoms with Gasteiger partial charge in [0.25, 0.3) is 0 Å². The molecular formula is C15H19FN2O. The largest absolute Gasteiger partial charge is 0.494 e. The maximum atomic E-state index is 13.5. The Kier molecular flexibility index (Phi) is 4.44. The average molecular weight is 262 g/mol. The maximum Gasteiger partial charge on any atom is 0.167 e. The lowest BCUT2D eigenvalue weighted by molar-refractivity contribution is 0.386. The van der Waals surface area contributed by atoms with Gasteiger partial charge in [0.15, 0.2) is 11.6 Å². The van der Waals surface area contributed by atoms with Gasteiger partial charge in [-0.3, -0.25) is 0 Å². The third kappa shape index (κ3) is 3.50. The van der Waals surface area contributed by atoms with Crippen molar-refractivity contribution in [2.75, 3.05) is 12.4 Å². The minimum Gasteiger partial charge on any atom is -0.494 e. The number of anilines is 1. The highest BCUT2D eigenvalue weighted by Gasteiger charge is 2.03. The molecule has 1 heterocycles. The number of ether oxygens (including phenoxy) is 1. The molecule has 19 heavy (non-hydrogen) atoms. The van der Waals surface area contributed by atoms with Gasteiger partial charge in [-0.1, -0.05) is 6.92 Å². The second kappa shape index (κ2) is 6.27. The van der Waals surface area contributed by atoms with E-state index in [4.69, 9.17) is 4.74 Å². The van der Waals surface area contributed by atoms with Gasteiger partial charge in [-0.25, -0.2) is 4.39 Å². The van der Waals surface area contributed by atoms with Gasteiger partial charge in [0.05, 0.1) is 7.11 Å². The van der Waals surface area contributed by atoms with E-state index in [1.54, 1.807) is 6.07 Å². The van der Waals surface area contributed by atoms with Crippen molar-refractivity contribution in [2.45, 2.75) is 26.4 Å². The molecule has 0 aliphatic carbocycles. The van der Waals surface area contributed by atoms with E-state index in [0.29, 0.717) is 6.54 Å². The number of halogens is 1. The van der Waals surface area contributed by atoms with Crippen LogP contribution in [0, 0.1) is 5.82 Å². The average Bonchev–Trinajstić information content (AvgIpc) is 2.85. The van der Waals surface area contributed by atoms with Crippen LogP contribution in [-0.2, 0) is 13.1 Å². The topological polar surface area (TPSA) is 26.2 Å². The van der Waals surface area contributed by atoms with Crippen molar-refractivity contribution in [3.05, 3.63) is 48.0 Å². The Balaban J connectivity index is 1.95. The smallest absolute Gasteiger partial charge is 0.167 e. The predicted molar refractivity (Wildman–Crippen MR) is 75.0 cm³/mol. The molecule has 1 N–H and O–H groups in total. The fourth-order valence-corrected chi connectivity index (χ4v) is 1.97. The molecule has 0 amide bonds. The molecule has 0 saturated carbocycles. The van der Waals surface area contributed by atoms with E-state index < -0.39 is 0 Å². The van der Waals surface area contributed by atoms with Crippen molar-refractivity contribution in [2.24, 2.45) is 0 Å². The second-order valence-corrected chi connectivity index (χ2v) is 4.46. The Bertz CT molecular complexity index is 537. The first-order valence-electron chi connectivity index (χ1n) is 6.45. The molecule has 0 unspecified atom stereocenters. The van der Waals surface area contributed by atoms with E-state index in [1.165, 1.54) is 18.7 Å². The lowest BCUT2D eigenvalue weighted by Crippen LogP contribution is -2.00. The minimum atomic E-state index is -0.351. The van der Waals surface area contributed by atoms with Crippen LogP contribution < -0.4 is 10.1 Å². The molecule has 0 spiro atoms. The lowest BCUT2D eigenvalue weighted by atomic mass is 10.2. The van der Waals surface area contributed by atoms with Crippen LogP contribution in [0.15, 0.2) is 36.7 Å². The fraction of sp³-hybridized carbons (Fsp3) is 0.333. The Morgan fingerprint density at radius 2 is 2.16 bits per heavy atom. The predicted octanol–water partition coefficient (Wildman–Crippen LogP) is 3.66. The van der Waals surface area contributed by atoms with E-state index in [-0.39, 0.29) is 11.6 Å². The number of benzene rings is 1. The maximum absolute atomic E-state index is 13.5. The summed E-state index contributed by atoms with van der Waals surface area (Å²) in [4.78, 5) is 0. The molecule has 0 aliphatic heterocycles. The summed E-state index contributed by atoms with van der Waals surface area (Å²) in [6, 6.07) is 6.95. The van der Waals surface area contributed by atoms with Gasteiger partial charge in [0.2, 0.25) is 0 Å². The zero-order valence-electron chi connectivity index (χ0n) is 11.3. The van der Waals surface area contributed by atoms with E-state index in [2.05, 4.69) is 35.3 Å². The monoisotopic (exact) mass is 262 g/mol. The summed E-state index contributed by atoms with van der Waals surface area (Å²) in [7, 11) is 1.46. The number of nitrogens with one attached hydrogen (secondary N) is 1. The molecule has 0 aliphatic rings. The first kappa shape index (κ1) is 13.5. The quantitative estimate of drug-likeness (QED) is 0.860. The summed E-state index contributed by atoms with van der Waals surface area (Å²) in [6.07, 6.45) is 5.29. The van der Waals surface area contributed by atoms with Crippen LogP contribution in [0.4, 0.5) is 10.1 Å². The summed E-state index contributed by atoms with van der Waals surface area (Å²) < 4.78 is 20.6. The van der Waals surface area contributed by atoms with Crippen LogP contribution in [0.25, 0.3) is 0 Å². The van der Waals surface area contributed by atoms with Gasteiger partial charge in [-0.2, -0.15) is 0 Å². The Labute approximate surface area is 113 Å². The highest BCUT2D eigenvalue weighted by molar-refractivity contribution is 5.47. The van der Waals surface area contributed by atoms with Crippen LogP contribution in [0.5, 0.6) is 5.75 Å². The molecule has 102 valence electrons. The summed E-state index contributed by atoms with van der Waals surface area (Å²) in [6.45, 7) is 3.86. The summed E-state index contributed by atoms with van der Waals surface area (Å²) in [5, 5.41) is 3.20. The standard InChI is InChI=1S/C15H19FN2O/c1-3-7-18-8-6-12(11-18)10-17-13-4-5-15(19-2)14(16)9-13/h4-6,8-9,11,17H,3,7,10H2,1-2H3. The number of hydrogen-bond acceptors (Lipinski definition) is 2. The van der Waals surface area contributed by atoms with Gasteiger partial charge < -0.3 is 14.6 Å². The lowest BCUT2D eigenvalue weighted by Gasteiger charge is -2.07. The van der Waals surface area contributed by atoms with Crippen LogP contribution in [0.1, 0.15) is 18.9 Å². The number of rotatable bonds is 6. The number of nitrogens with zero attached hydrogens (tertiary/aromatic N) is 1. The molecule has 1 aromatic carbocycles. The molecule has 2 aromatic rings. The third-order valence-corrected chi connectivity index (χ3v) is 2.94. The number of aryl methyl sites for hydroxylation is 1. The number of hydrogen-bond donors (Lipinski definition) is 1. The molecule has 4 heteroatoms. The van der Waals surface area contributed by atoms with Gasteiger partial charge in [-0.15, -0.1) is 0 Å². The zero-order valence-corrected chi connectivity index (χ0v) is 11.3. The number of aromatic nitrogens is 1. The molecule has 0 atom stereocenters. The third-order valence-electron chi connectivity index (χ3n) is 2.94. The Morgan fingerprint density at radius 1 is 1.32 bits per heavy atom. The summed E-state index contributed by atoms with van der Waals surface area (Å²) >= 11 is 0. The molecule has 0 bridgehead atoms. The van der Waals surface area contributed by atoms with Crippen molar-refractivity contribution in [3.63, 3.8) is 0 Å². The van der Waals surface area contributed by atoms with Crippen molar-refractivity contribution < 1.29 is 9.13 Å². The molecule has 3 nitrogen and oxygen atoms in total. The Hall–Kier alpha value is -1.97. The van der Waals surface area contributed by atoms with Crippen LogP contribution in [0.3, 0.4) is 0 Å². The molecular weight excluding hydrogens is 243 g/mol. The van der Waals surface area contributed by atoms with Crippen LogP contribution >= 0.6 is 0 Å². The van der Waals surface area contributed by atoms with Gasteiger partial charge in [-0.05, 0) is 30.2 Å². The van der Waals surface area contributed by atoms with Crippen LogP contribution in [-0.4, -0.2) is 11.7 Å². The first-order chi connectivity index (χ1) is 9.22. The first-order valence-corrected chi connectivity index (χ1v) is 6.45. The highest BCUT2D eigenvalue weighted by Crippen LogP contribution is 2.21. The Morgan fingerprint density at radius 3 is 2.84 bits per heavy atom. The van der Waals surface area contributed by atoms with Crippen molar-refractivity contribution in [1.29, 1.82) is 0 Å². The number of methoxy groups -OCH3 is 1. The summed E-state index contributed by atoms with van der Waals surface area (Å²) in [5.41, 5.74) is 1.94.